The van der Waals surface area contributed by atoms with Crippen LogP contribution in [0.4, 0.5) is 5.82 Å². The van der Waals surface area contributed by atoms with Gasteiger partial charge in [-0.2, -0.15) is 0 Å². The molecule has 3 rings (SSSR count). The molecule has 1 aromatic carbocycles. The molecule has 21 heavy (non-hydrogen) atoms. The number of nitrogen functional groups attached to an aromatic ring is 1. The van der Waals surface area contributed by atoms with Crippen LogP contribution in [0.15, 0.2) is 30.3 Å². The molecule has 0 spiro atoms. The Morgan fingerprint density at radius 2 is 1.86 bits per heavy atom. The van der Waals surface area contributed by atoms with Crippen molar-refractivity contribution in [1.82, 2.24) is 9.97 Å². The number of ether oxygens (including phenoxy) is 1. The van der Waals surface area contributed by atoms with Gasteiger partial charge in [-0.15, -0.1) is 0 Å². The van der Waals surface area contributed by atoms with Gasteiger partial charge in [-0.25, -0.2) is 9.97 Å². The summed E-state index contributed by atoms with van der Waals surface area (Å²) in [5.74, 6) is 1.82. The first-order valence-electron chi connectivity index (χ1n) is 7.49. The molecular formula is C17H21N3O. The first-order valence-corrected chi connectivity index (χ1v) is 7.49. The van der Waals surface area contributed by atoms with Crippen molar-refractivity contribution in [3.63, 3.8) is 0 Å². The fraction of sp³-hybridized carbons (Fsp3) is 0.412. The van der Waals surface area contributed by atoms with Crippen molar-refractivity contribution in [2.45, 2.75) is 38.2 Å². The lowest BCUT2D eigenvalue weighted by Gasteiger charge is -2.11. The molecule has 1 aliphatic carbocycles. The molecule has 0 atom stereocenters. The molecule has 1 fully saturated rings. The summed E-state index contributed by atoms with van der Waals surface area (Å²) in [5.41, 5.74) is 9.21. The Morgan fingerprint density at radius 3 is 2.52 bits per heavy atom. The van der Waals surface area contributed by atoms with E-state index in [4.69, 9.17) is 15.5 Å². The Kier molecular flexibility index (Phi) is 4.15. The average molecular weight is 283 g/mol. The molecule has 0 aliphatic heterocycles. The van der Waals surface area contributed by atoms with Gasteiger partial charge in [0.15, 0.2) is 5.82 Å². The van der Waals surface area contributed by atoms with Crippen molar-refractivity contribution in [1.29, 1.82) is 0 Å². The molecule has 1 heterocycles. The highest BCUT2D eigenvalue weighted by Gasteiger charge is 2.19. The minimum atomic E-state index is 0.543. The van der Waals surface area contributed by atoms with Crippen molar-refractivity contribution in [2.24, 2.45) is 0 Å². The summed E-state index contributed by atoms with van der Waals surface area (Å²) < 4.78 is 5.13. The largest absolute Gasteiger partial charge is 0.384 e. The maximum absolute atomic E-state index is 5.97. The predicted octanol–water partition coefficient (Wildman–Crippen LogP) is 3.53. The topological polar surface area (TPSA) is 61.0 Å². The third kappa shape index (κ3) is 3.22. The monoisotopic (exact) mass is 283 g/mol. The zero-order valence-corrected chi connectivity index (χ0v) is 12.4. The Morgan fingerprint density at radius 1 is 1.14 bits per heavy atom. The van der Waals surface area contributed by atoms with Crippen molar-refractivity contribution in [2.75, 3.05) is 12.8 Å². The second-order valence-electron chi connectivity index (χ2n) is 5.65. The van der Waals surface area contributed by atoms with Crippen LogP contribution in [-0.2, 0) is 11.3 Å². The fourth-order valence-corrected chi connectivity index (χ4v) is 2.96. The molecule has 0 saturated heterocycles. The Labute approximate surface area is 125 Å². The number of methoxy groups -OCH3 is 1. The van der Waals surface area contributed by atoms with Gasteiger partial charge >= 0.3 is 0 Å². The molecule has 0 radical (unpaired) electrons. The molecule has 1 aliphatic rings. The lowest BCUT2D eigenvalue weighted by Crippen LogP contribution is -2.03. The highest BCUT2D eigenvalue weighted by molar-refractivity contribution is 5.57. The SMILES string of the molecule is COCc1ccc(-c2nc(N)cc(C3CCCC3)n2)cc1. The smallest absolute Gasteiger partial charge is 0.161 e. The van der Waals surface area contributed by atoms with Crippen LogP contribution in [0.2, 0.25) is 0 Å². The Hall–Kier alpha value is -1.94. The van der Waals surface area contributed by atoms with E-state index in [2.05, 4.69) is 4.98 Å². The molecule has 4 heteroatoms. The van der Waals surface area contributed by atoms with Crippen LogP contribution >= 0.6 is 0 Å². The van der Waals surface area contributed by atoms with E-state index < -0.39 is 0 Å². The van der Waals surface area contributed by atoms with Crippen molar-refractivity contribution < 1.29 is 4.74 Å². The van der Waals surface area contributed by atoms with Crippen LogP contribution in [0.1, 0.15) is 42.9 Å². The summed E-state index contributed by atoms with van der Waals surface area (Å²) in [6.07, 6.45) is 5.00. The number of hydrogen-bond donors (Lipinski definition) is 1. The van der Waals surface area contributed by atoms with E-state index in [0.717, 1.165) is 22.6 Å². The van der Waals surface area contributed by atoms with E-state index in [-0.39, 0.29) is 0 Å². The molecule has 1 aromatic heterocycles. The number of aromatic nitrogens is 2. The number of anilines is 1. The van der Waals surface area contributed by atoms with Crippen LogP contribution in [0, 0.1) is 0 Å². The Bertz CT molecular complexity index is 604. The first kappa shape index (κ1) is 14.0. The maximum Gasteiger partial charge on any atom is 0.161 e. The van der Waals surface area contributed by atoms with Gasteiger partial charge in [0.25, 0.3) is 0 Å². The second-order valence-corrected chi connectivity index (χ2v) is 5.65. The van der Waals surface area contributed by atoms with Crippen molar-refractivity contribution in [3.05, 3.63) is 41.6 Å². The standard InChI is InChI=1S/C17H21N3O/c1-21-11-12-6-8-14(9-7-12)17-19-15(10-16(18)20-17)13-4-2-3-5-13/h6-10,13H,2-5,11H2,1H3,(H2,18,19,20). The predicted molar refractivity (Wildman–Crippen MR) is 83.8 cm³/mol. The van der Waals surface area contributed by atoms with Gasteiger partial charge < -0.3 is 10.5 Å². The van der Waals surface area contributed by atoms with Crippen LogP contribution in [0.25, 0.3) is 11.4 Å². The zero-order valence-electron chi connectivity index (χ0n) is 12.4. The van der Waals surface area contributed by atoms with E-state index in [0.29, 0.717) is 18.3 Å². The molecule has 2 aromatic rings. The van der Waals surface area contributed by atoms with E-state index in [1.807, 2.05) is 30.3 Å². The van der Waals surface area contributed by atoms with Gasteiger partial charge in [-0.1, -0.05) is 37.1 Å². The molecule has 2 N–H and O–H groups in total. The molecule has 110 valence electrons. The van der Waals surface area contributed by atoms with Crippen LogP contribution in [0.3, 0.4) is 0 Å². The number of benzene rings is 1. The number of nitrogens with zero attached hydrogens (tertiary/aromatic N) is 2. The summed E-state index contributed by atoms with van der Waals surface area (Å²) in [6, 6.07) is 10.1. The summed E-state index contributed by atoms with van der Waals surface area (Å²) in [4.78, 5) is 9.13. The highest BCUT2D eigenvalue weighted by Crippen LogP contribution is 2.34. The minimum Gasteiger partial charge on any atom is -0.384 e. The summed E-state index contributed by atoms with van der Waals surface area (Å²) in [6.45, 7) is 0.616. The number of rotatable bonds is 4. The highest BCUT2D eigenvalue weighted by atomic mass is 16.5. The minimum absolute atomic E-state index is 0.543. The number of nitrogens with two attached hydrogens (primary N) is 1. The van der Waals surface area contributed by atoms with Crippen molar-refractivity contribution >= 4 is 5.82 Å². The quantitative estimate of drug-likeness (QED) is 0.932. The Balaban J connectivity index is 1.90. The van der Waals surface area contributed by atoms with Crippen LogP contribution < -0.4 is 5.73 Å². The lowest BCUT2D eigenvalue weighted by atomic mass is 10.0. The fourth-order valence-electron chi connectivity index (χ4n) is 2.96. The summed E-state index contributed by atoms with van der Waals surface area (Å²) >= 11 is 0. The summed E-state index contributed by atoms with van der Waals surface area (Å²) in [7, 11) is 1.70. The normalized spacial score (nSPS) is 15.5. The molecule has 0 amide bonds. The molecule has 1 saturated carbocycles. The third-order valence-electron chi connectivity index (χ3n) is 4.06. The van der Waals surface area contributed by atoms with Gasteiger partial charge in [0.05, 0.1) is 6.61 Å². The van der Waals surface area contributed by atoms with Crippen LogP contribution in [-0.4, -0.2) is 17.1 Å². The van der Waals surface area contributed by atoms with Gasteiger partial charge in [0.1, 0.15) is 5.82 Å². The molecule has 0 unspecified atom stereocenters. The van der Waals surface area contributed by atoms with Gasteiger partial charge in [-0.05, 0) is 18.4 Å². The third-order valence-corrected chi connectivity index (χ3v) is 4.06. The van der Waals surface area contributed by atoms with Crippen LogP contribution in [0.5, 0.6) is 0 Å². The van der Waals surface area contributed by atoms with E-state index in [1.54, 1.807) is 7.11 Å². The van der Waals surface area contributed by atoms with Gasteiger partial charge in [0, 0.05) is 30.4 Å². The average Bonchev–Trinajstić information content (AvgIpc) is 3.02. The molecule has 4 nitrogen and oxygen atoms in total. The molecule has 0 bridgehead atoms. The van der Waals surface area contributed by atoms with E-state index in [1.165, 1.54) is 25.7 Å². The van der Waals surface area contributed by atoms with Gasteiger partial charge in [0.2, 0.25) is 0 Å². The maximum atomic E-state index is 5.97. The first-order chi connectivity index (χ1) is 10.3. The number of hydrogen-bond acceptors (Lipinski definition) is 4. The molecular weight excluding hydrogens is 262 g/mol. The van der Waals surface area contributed by atoms with Crippen molar-refractivity contribution in [3.8, 4) is 11.4 Å². The van der Waals surface area contributed by atoms with E-state index in [9.17, 15) is 0 Å². The zero-order chi connectivity index (χ0) is 14.7. The van der Waals surface area contributed by atoms with Gasteiger partial charge in [-0.3, -0.25) is 0 Å². The van der Waals surface area contributed by atoms with E-state index >= 15 is 0 Å². The summed E-state index contributed by atoms with van der Waals surface area (Å²) in [5, 5.41) is 0. The second kappa shape index (κ2) is 6.22. The lowest BCUT2D eigenvalue weighted by molar-refractivity contribution is 0.185.